The third-order valence-corrected chi connectivity index (χ3v) is 7.73. The second kappa shape index (κ2) is 9.79. The van der Waals surface area contributed by atoms with E-state index in [4.69, 9.17) is 4.98 Å². The predicted molar refractivity (Wildman–Crippen MR) is 145 cm³/mol. The molecule has 2 N–H and O–H groups in total. The van der Waals surface area contributed by atoms with Crippen molar-refractivity contribution in [2.45, 2.75) is 11.4 Å². The number of aryl methyl sites for hydroxylation is 1. The lowest BCUT2D eigenvalue weighted by Gasteiger charge is -2.34. The van der Waals surface area contributed by atoms with Gasteiger partial charge in [-0.15, -0.1) is 0 Å². The average Bonchev–Trinajstić information content (AvgIpc) is 3.24. The van der Waals surface area contributed by atoms with Gasteiger partial charge in [0.25, 0.3) is 0 Å². The van der Waals surface area contributed by atoms with Crippen molar-refractivity contribution in [3.63, 3.8) is 0 Å². The maximum atomic E-state index is 12.2. The minimum atomic E-state index is -3.34. The average molecular weight is 506 g/mol. The summed E-state index contributed by atoms with van der Waals surface area (Å²) in [6.07, 6.45) is 3.16. The number of benzene rings is 2. The van der Waals surface area contributed by atoms with Crippen molar-refractivity contribution in [1.29, 1.82) is 0 Å². The van der Waals surface area contributed by atoms with Crippen LogP contribution in [0.25, 0.3) is 11.0 Å². The van der Waals surface area contributed by atoms with Crippen LogP contribution in [0, 0.1) is 0 Å². The Hall–Kier alpha value is -3.63. The molecule has 1 saturated heterocycles. The van der Waals surface area contributed by atoms with E-state index >= 15 is 0 Å². The van der Waals surface area contributed by atoms with Gasteiger partial charge in [0.2, 0.25) is 5.95 Å². The fourth-order valence-electron chi connectivity index (χ4n) is 4.51. The molecule has 0 atom stereocenters. The number of fused-ring (bicyclic) bond motifs is 1. The first kappa shape index (κ1) is 24.1. The van der Waals surface area contributed by atoms with Gasteiger partial charge in [-0.3, -0.25) is 0 Å². The Labute approximate surface area is 211 Å². The summed E-state index contributed by atoms with van der Waals surface area (Å²) >= 11 is 0. The van der Waals surface area contributed by atoms with Gasteiger partial charge in [0, 0.05) is 63.6 Å². The third kappa shape index (κ3) is 5.14. The zero-order valence-electron chi connectivity index (χ0n) is 20.8. The molecular formula is C26H31N7O2S. The standard InChI is InChI=1S/C26H31N7O2S/c1-31-14-16-33(17-15-31)21-10-8-20(9-11-21)28-26-29-22-12-13-32(2)24(22)25(30-26)27-18-19-6-4-5-7-23(19)36(3,34)35/h4-13H,14-18H2,1-3H3,(H2,27,28,29,30). The molecule has 0 aliphatic carbocycles. The molecule has 0 amide bonds. The summed E-state index contributed by atoms with van der Waals surface area (Å²) in [6, 6.07) is 17.3. The topological polar surface area (TPSA) is 95.4 Å². The van der Waals surface area contributed by atoms with Gasteiger partial charge < -0.3 is 25.0 Å². The van der Waals surface area contributed by atoms with Crippen LogP contribution in [0.2, 0.25) is 0 Å². The van der Waals surface area contributed by atoms with Crippen LogP contribution in [0.1, 0.15) is 5.56 Å². The molecular weight excluding hydrogens is 474 g/mol. The predicted octanol–water partition coefficient (Wildman–Crippen LogP) is 3.48. The van der Waals surface area contributed by atoms with Gasteiger partial charge in [-0.25, -0.2) is 13.4 Å². The number of sulfone groups is 1. The molecule has 10 heteroatoms. The molecule has 1 aliphatic rings. The molecule has 2 aromatic heterocycles. The number of hydrogen-bond acceptors (Lipinski definition) is 8. The van der Waals surface area contributed by atoms with Crippen molar-refractivity contribution in [3.05, 3.63) is 66.4 Å². The quantitative estimate of drug-likeness (QED) is 0.394. The zero-order valence-corrected chi connectivity index (χ0v) is 21.6. The van der Waals surface area contributed by atoms with E-state index in [1.165, 1.54) is 11.9 Å². The van der Waals surface area contributed by atoms with Gasteiger partial charge >= 0.3 is 0 Å². The smallest absolute Gasteiger partial charge is 0.229 e. The van der Waals surface area contributed by atoms with E-state index < -0.39 is 9.84 Å². The van der Waals surface area contributed by atoms with Crippen molar-refractivity contribution in [2.75, 3.05) is 55.0 Å². The lowest BCUT2D eigenvalue weighted by atomic mass is 10.2. The van der Waals surface area contributed by atoms with Crippen molar-refractivity contribution in [1.82, 2.24) is 19.4 Å². The van der Waals surface area contributed by atoms with Crippen molar-refractivity contribution < 1.29 is 8.42 Å². The van der Waals surface area contributed by atoms with Crippen molar-refractivity contribution in [2.24, 2.45) is 7.05 Å². The lowest BCUT2D eigenvalue weighted by molar-refractivity contribution is 0.313. The molecule has 36 heavy (non-hydrogen) atoms. The Kier molecular flexibility index (Phi) is 6.55. The maximum Gasteiger partial charge on any atom is 0.229 e. The molecule has 2 aromatic carbocycles. The van der Waals surface area contributed by atoms with Crippen molar-refractivity contribution >= 4 is 44.0 Å². The van der Waals surface area contributed by atoms with Gasteiger partial charge in [-0.1, -0.05) is 18.2 Å². The van der Waals surface area contributed by atoms with E-state index in [2.05, 4.69) is 44.6 Å². The highest BCUT2D eigenvalue weighted by Crippen LogP contribution is 2.27. The SMILES string of the molecule is CN1CCN(c2ccc(Nc3nc(NCc4ccccc4S(C)(=O)=O)c4c(ccn4C)n3)cc2)CC1. The van der Waals surface area contributed by atoms with E-state index in [0.29, 0.717) is 28.8 Å². The molecule has 188 valence electrons. The summed E-state index contributed by atoms with van der Waals surface area (Å²) in [5.41, 5.74) is 4.44. The highest BCUT2D eigenvalue weighted by Gasteiger charge is 2.16. The zero-order chi connectivity index (χ0) is 25.3. The highest BCUT2D eigenvalue weighted by atomic mass is 32.2. The Morgan fingerprint density at radius 2 is 1.64 bits per heavy atom. The van der Waals surface area contributed by atoms with Crippen LogP contribution < -0.4 is 15.5 Å². The number of hydrogen-bond donors (Lipinski definition) is 2. The molecule has 0 radical (unpaired) electrons. The fourth-order valence-corrected chi connectivity index (χ4v) is 5.45. The van der Waals surface area contributed by atoms with E-state index in [9.17, 15) is 8.42 Å². The molecule has 9 nitrogen and oxygen atoms in total. The van der Waals surface area contributed by atoms with Crippen LogP contribution in [-0.4, -0.2) is 67.3 Å². The van der Waals surface area contributed by atoms with E-state index in [-0.39, 0.29) is 0 Å². The third-order valence-electron chi connectivity index (χ3n) is 6.53. The summed E-state index contributed by atoms with van der Waals surface area (Å²) in [6.45, 7) is 4.49. The van der Waals surface area contributed by atoms with Gasteiger partial charge in [0.1, 0.15) is 5.52 Å². The number of anilines is 4. The second-order valence-electron chi connectivity index (χ2n) is 9.25. The van der Waals surface area contributed by atoms with E-state index in [0.717, 1.165) is 42.9 Å². The molecule has 0 unspecified atom stereocenters. The van der Waals surface area contributed by atoms with Gasteiger partial charge in [0.05, 0.1) is 10.4 Å². The summed E-state index contributed by atoms with van der Waals surface area (Å²) in [7, 11) is 0.753. The minimum absolute atomic E-state index is 0.313. The number of nitrogens with zero attached hydrogens (tertiary/aromatic N) is 5. The minimum Gasteiger partial charge on any atom is -0.369 e. The first-order valence-corrected chi connectivity index (χ1v) is 13.8. The summed E-state index contributed by atoms with van der Waals surface area (Å²) < 4.78 is 26.4. The maximum absolute atomic E-state index is 12.2. The Balaban J connectivity index is 1.38. The molecule has 1 fully saturated rings. The van der Waals surface area contributed by atoms with Crippen LogP contribution in [0.15, 0.2) is 65.7 Å². The molecule has 4 aromatic rings. The monoisotopic (exact) mass is 505 g/mol. The molecule has 0 saturated carbocycles. The number of nitrogens with one attached hydrogen (secondary N) is 2. The molecule has 5 rings (SSSR count). The Bertz CT molecular complexity index is 1470. The van der Waals surface area contributed by atoms with Gasteiger partial charge in [-0.05, 0) is 49.0 Å². The van der Waals surface area contributed by atoms with E-state index in [1.54, 1.807) is 12.1 Å². The number of rotatable bonds is 7. The summed E-state index contributed by atoms with van der Waals surface area (Å²) in [5, 5.41) is 6.66. The first-order chi connectivity index (χ1) is 17.3. The summed E-state index contributed by atoms with van der Waals surface area (Å²) in [5.74, 6) is 1.10. The Morgan fingerprint density at radius 1 is 0.917 bits per heavy atom. The van der Waals surface area contributed by atoms with Crippen LogP contribution >= 0.6 is 0 Å². The second-order valence-corrected chi connectivity index (χ2v) is 11.2. The van der Waals surface area contributed by atoms with Gasteiger partial charge in [0.15, 0.2) is 15.7 Å². The molecule has 0 spiro atoms. The Morgan fingerprint density at radius 3 is 2.36 bits per heavy atom. The molecule has 0 bridgehead atoms. The molecule has 1 aliphatic heterocycles. The fraction of sp³-hybridized carbons (Fsp3) is 0.308. The number of likely N-dealkylation sites (N-methyl/N-ethyl adjacent to an activating group) is 1. The van der Waals surface area contributed by atoms with Gasteiger partial charge in [-0.2, -0.15) is 4.98 Å². The van der Waals surface area contributed by atoms with Crippen molar-refractivity contribution in [3.8, 4) is 0 Å². The normalized spacial score (nSPS) is 14.8. The molecule has 3 heterocycles. The lowest BCUT2D eigenvalue weighted by Crippen LogP contribution is -2.44. The van der Waals surface area contributed by atoms with Crippen LogP contribution in [0.3, 0.4) is 0 Å². The first-order valence-electron chi connectivity index (χ1n) is 11.9. The van der Waals surface area contributed by atoms with E-state index in [1.807, 2.05) is 48.1 Å². The highest BCUT2D eigenvalue weighted by molar-refractivity contribution is 7.90. The van der Waals surface area contributed by atoms with Crippen LogP contribution in [0.5, 0.6) is 0 Å². The van der Waals surface area contributed by atoms with Crippen LogP contribution in [-0.2, 0) is 23.4 Å². The largest absolute Gasteiger partial charge is 0.369 e. The summed E-state index contributed by atoms with van der Waals surface area (Å²) in [4.78, 5) is 14.5. The van der Waals surface area contributed by atoms with Crippen LogP contribution in [0.4, 0.5) is 23.1 Å². The number of piperazine rings is 1. The number of aromatic nitrogens is 3.